The molecular formula is C13H17ClN2O2. The van der Waals surface area contributed by atoms with Crippen LogP contribution in [0.15, 0.2) is 24.3 Å². The van der Waals surface area contributed by atoms with Gasteiger partial charge in [0.1, 0.15) is 6.23 Å². The molecule has 2 amide bonds. The highest BCUT2D eigenvalue weighted by Crippen LogP contribution is 2.10. The van der Waals surface area contributed by atoms with E-state index in [9.17, 15) is 4.79 Å². The summed E-state index contributed by atoms with van der Waals surface area (Å²) in [4.78, 5) is 11.5. The number of halogens is 1. The number of benzene rings is 1. The lowest BCUT2D eigenvalue weighted by Gasteiger charge is -2.12. The monoisotopic (exact) mass is 268 g/mol. The third-order valence-corrected chi connectivity index (χ3v) is 3.09. The third kappa shape index (κ3) is 4.20. The molecule has 18 heavy (non-hydrogen) atoms. The Balaban J connectivity index is 1.65. The van der Waals surface area contributed by atoms with E-state index in [2.05, 4.69) is 10.6 Å². The van der Waals surface area contributed by atoms with Gasteiger partial charge in [-0.2, -0.15) is 0 Å². The van der Waals surface area contributed by atoms with Crippen molar-refractivity contribution in [2.75, 3.05) is 13.2 Å². The summed E-state index contributed by atoms with van der Waals surface area (Å²) in [6.45, 7) is 1.33. The van der Waals surface area contributed by atoms with Gasteiger partial charge in [-0.25, -0.2) is 4.79 Å². The zero-order chi connectivity index (χ0) is 12.8. The summed E-state index contributed by atoms with van der Waals surface area (Å²) in [6.07, 6.45) is 2.57. The van der Waals surface area contributed by atoms with Gasteiger partial charge in [-0.1, -0.05) is 23.7 Å². The second-order valence-corrected chi connectivity index (χ2v) is 4.71. The van der Waals surface area contributed by atoms with Crippen LogP contribution in [0.5, 0.6) is 0 Å². The normalized spacial score (nSPS) is 18.6. The zero-order valence-corrected chi connectivity index (χ0v) is 10.9. The predicted octanol–water partition coefficient (Wildman–Crippen LogP) is 2.32. The van der Waals surface area contributed by atoms with Crippen molar-refractivity contribution >= 4 is 17.6 Å². The van der Waals surface area contributed by atoms with Crippen molar-refractivity contribution in [2.45, 2.75) is 25.5 Å². The van der Waals surface area contributed by atoms with E-state index in [-0.39, 0.29) is 12.3 Å². The first-order valence-electron chi connectivity index (χ1n) is 6.14. The fraction of sp³-hybridized carbons (Fsp3) is 0.462. The van der Waals surface area contributed by atoms with E-state index in [4.69, 9.17) is 16.3 Å². The molecule has 98 valence electrons. The molecule has 1 saturated heterocycles. The highest BCUT2D eigenvalue weighted by atomic mass is 35.5. The Morgan fingerprint density at radius 3 is 2.83 bits per heavy atom. The number of nitrogens with one attached hydrogen (secondary N) is 2. The lowest BCUT2D eigenvalue weighted by Crippen LogP contribution is -2.42. The van der Waals surface area contributed by atoms with Crippen LogP contribution in [0, 0.1) is 0 Å². The molecule has 0 aliphatic carbocycles. The molecule has 4 nitrogen and oxygen atoms in total. The molecule has 0 saturated carbocycles. The minimum Gasteiger partial charge on any atom is -0.358 e. The molecule has 1 aliphatic rings. The fourth-order valence-electron chi connectivity index (χ4n) is 1.86. The first-order chi connectivity index (χ1) is 8.74. The zero-order valence-electron chi connectivity index (χ0n) is 10.1. The molecule has 5 heteroatoms. The smallest absolute Gasteiger partial charge is 0.316 e. The van der Waals surface area contributed by atoms with Gasteiger partial charge in [0.2, 0.25) is 0 Å². The molecule has 0 aromatic heterocycles. The molecule has 1 aromatic carbocycles. The van der Waals surface area contributed by atoms with Crippen molar-refractivity contribution in [1.29, 1.82) is 0 Å². The number of carbonyl (C=O) groups excluding carboxylic acids is 1. The van der Waals surface area contributed by atoms with E-state index in [1.54, 1.807) is 0 Å². The Morgan fingerprint density at radius 1 is 1.39 bits per heavy atom. The van der Waals surface area contributed by atoms with E-state index in [0.29, 0.717) is 6.54 Å². The quantitative estimate of drug-likeness (QED) is 0.881. The van der Waals surface area contributed by atoms with Crippen LogP contribution in [0.25, 0.3) is 0 Å². The van der Waals surface area contributed by atoms with Crippen LogP contribution in [-0.2, 0) is 11.2 Å². The molecular weight excluding hydrogens is 252 g/mol. The van der Waals surface area contributed by atoms with E-state index in [1.165, 1.54) is 0 Å². The molecule has 2 N–H and O–H groups in total. The van der Waals surface area contributed by atoms with Crippen LogP contribution < -0.4 is 10.6 Å². The fourth-order valence-corrected chi connectivity index (χ4v) is 1.99. The minimum absolute atomic E-state index is 0.125. The maximum absolute atomic E-state index is 11.5. The number of amides is 2. The topological polar surface area (TPSA) is 50.4 Å². The Labute approximate surface area is 112 Å². The van der Waals surface area contributed by atoms with Crippen molar-refractivity contribution in [3.63, 3.8) is 0 Å². The lowest BCUT2D eigenvalue weighted by atomic mass is 10.1. The van der Waals surface area contributed by atoms with Crippen LogP contribution in [0.4, 0.5) is 4.79 Å². The third-order valence-electron chi connectivity index (χ3n) is 2.83. The first-order valence-corrected chi connectivity index (χ1v) is 6.52. The van der Waals surface area contributed by atoms with Gasteiger partial charge >= 0.3 is 6.03 Å². The maximum atomic E-state index is 11.5. The Morgan fingerprint density at radius 2 is 2.17 bits per heavy atom. The Hall–Kier alpha value is -1.26. The highest BCUT2D eigenvalue weighted by Gasteiger charge is 2.16. The minimum atomic E-state index is -0.170. The molecule has 2 rings (SSSR count). The number of hydrogen-bond acceptors (Lipinski definition) is 2. The van der Waals surface area contributed by atoms with Crippen molar-refractivity contribution < 1.29 is 9.53 Å². The second-order valence-electron chi connectivity index (χ2n) is 4.28. The van der Waals surface area contributed by atoms with E-state index < -0.39 is 0 Å². The Bertz CT molecular complexity index is 388. The first kappa shape index (κ1) is 13.2. The van der Waals surface area contributed by atoms with Crippen LogP contribution in [0.2, 0.25) is 5.02 Å². The van der Waals surface area contributed by atoms with E-state index in [1.807, 2.05) is 24.3 Å². The van der Waals surface area contributed by atoms with Crippen LogP contribution in [-0.4, -0.2) is 25.4 Å². The van der Waals surface area contributed by atoms with E-state index >= 15 is 0 Å². The van der Waals surface area contributed by atoms with Gasteiger partial charge < -0.3 is 15.4 Å². The molecule has 1 aliphatic heterocycles. The van der Waals surface area contributed by atoms with Crippen molar-refractivity contribution in [3.05, 3.63) is 34.9 Å². The standard InChI is InChI=1S/C13H17ClN2O2/c14-11-5-3-10(4-6-11)7-8-15-13(17)16-12-2-1-9-18-12/h3-6,12H,1-2,7-9H2,(H2,15,16,17). The molecule has 0 radical (unpaired) electrons. The number of ether oxygens (including phenoxy) is 1. The maximum Gasteiger partial charge on any atom is 0.316 e. The summed E-state index contributed by atoms with van der Waals surface area (Å²) < 4.78 is 5.31. The van der Waals surface area contributed by atoms with Crippen LogP contribution in [0.3, 0.4) is 0 Å². The lowest BCUT2D eigenvalue weighted by molar-refractivity contribution is 0.0908. The van der Waals surface area contributed by atoms with Gasteiger partial charge in [0.15, 0.2) is 0 Å². The Kier molecular flexibility index (Phi) is 4.84. The highest BCUT2D eigenvalue weighted by molar-refractivity contribution is 6.30. The number of urea groups is 1. The summed E-state index contributed by atoms with van der Waals surface area (Å²) in [5, 5.41) is 6.32. The van der Waals surface area contributed by atoms with Gasteiger partial charge in [-0.3, -0.25) is 0 Å². The average molecular weight is 269 g/mol. The van der Waals surface area contributed by atoms with Crippen molar-refractivity contribution in [2.24, 2.45) is 0 Å². The molecule has 1 atom stereocenters. The molecule has 0 bridgehead atoms. The SMILES string of the molecule is O=C(NCCc1ccc(Cl)cc1)NC1CCCO1. The molecule has 1 unspecified atom stereocenters. The van der Waals surface area contributed by atoms with Crippen LogP contribution >= 0.6 is 11.6 Å². The number of hydrogen-bond donors (Lipinski definition) is 2. The van der Waals surface area contributed by atoms with E-state index in [0.717, 1.165) is 36.5 Å². The van der Waals surface area contributed by atoms with Crippen molar-refractivity contribution in [1.82, 2.24) is 10.6 Å². The second kappa shape index (κ2) is 6.61. The molecule has 1 aromatic rings. The van der Waals surface area contributed by atoms with Crippen molar-refractivity contribution in [3.8, 4) is 0 Å². The summed E-state index contributed by atoms with van der Waals surface area (Å²) in [7, 11) is 0. The summed E-state index contributed by atoms with van der Waals surface area (Å²) >= 11 is 5.80. The largest absolute Gasteiger partial charge is 0.358 e. The van der Waals surface area contributed by atoms with Gasteiger partial charge in [0.05, 0.1) is 0 Å². The summed E-state index contributed by atoms with van der Waals surface area (Å²) in [5.74, 6) is 0. The molecule has 1 fully saturated rings. The number of rotatable bonds is 4. The van der Waals surface area contributed by atoms with Gasteiger partial charge in [0, 0.05) is 18.2 Å². The van der Waals surface area contributed by atoms with Gasteiger partial charge in [0.25, 0.3) is 0 Å². The van der Waals surface area contributed by atoms with Crippen LogP contribution in [0.1, 0.15) is 18.4 Å². The van der Waals surface area contributed by atoms with Gasteiger partial charge in [-0.05, 0) is 37.0 Å². The van der Waals surface area contributed by atoms with Gasteiger partial charge in [-0.15, -0.1) is 0 Å². The summed E-state index contributed by atoms with van der Waals surface area (Å²) in [5.41, 5.74) is 1.15. The molecule has 0 spiro atoms. The number of carbonyl (C=O) groups is 1. The summed E-state index contributed by atoms with van der Waals surface area (Å²) in [6, 6.07) is 7.45. The average Bonchev–Trinajstić information content (AvgIpc) is 2.84. The predicted molar refractivity (Wildman–Crippen MR) is 70.7 cm³/mol. The molecule has 1 heterocycles.